The van der Waals surface area contributed by atoms with Crippen LogP contribution in [0, 0.1) is 0 Å². The monoisotopic (exact) mass is 414 g/mol. The number of likely N-dealkylation sites (tertiary alicyclic amines) is 1. The molecule has 0 saturated carbocycles. The summed E-state index contributed by atoms with van der Waals surface area (Å²) in [5.74, 6) is 1.18. The molecule has 0 aliphatic carbocycles. The van der Waals surface area contributed by atoms with E-state index in [1.165, 1.54) is 5.56 Å². The summed E-state index contributed by atoms with van der Waals surface area (Å²) in [7, 11) is 0. The summed E-state index contributed by atoms with van der Waals surface area (Å²) in [6, 6.07) is 16.1. The summed E-state index contributed by atoms with van der Waals surface area (Å²) in [6.45, 7) is 4.17. The molecular formula is C24H26N6O. The van der Waals surface area contributed by atoms with Crippen molar-refractivity contribution in [2.45, 2.75) is 38.6 Å². The molecule has 1 saturated heterocycles. The maximum Gasteiger partial charge on any atom is 0.257 e. The number of piperidine rings is 1. The number of carbonyl (C=O) groups is 1. The molecule has 31 heavy (non-hydrogen) atoms. The van der Waals surface area contributed by atoms with Crippen LogP contribution in [-0.2, 0) is 13.0 Å². The zero-order valence-electron chi connectivity index (χ0n) is 17.7. The van der Waals surface area contributed by atoms with Crippen molar-refractivity contribution in [3.8, 4) is 0 Å². The predicted molar refractivity (Wildman–Crippen MR) is 118 cm³/mol. The highest BCUT2D eigenvalue weighted by atomic mass is 16.2. The molecule has 1 atom stereocenters. The van der Waals surface area contributed by atoms with E-state index < -0.39 is 0 Å². The second kappa shape index (κ2) is 8.34. The Labute approximate surface area is 181 Å². The number of amides is 1. The van der Waals surface area contributed by atoms with Crippen LogP contribution >= 0.6 is 0 Å². The van der Waals surface area contributed by atoms with Gasteiger partial charge in [-0.15, -0.1) is 10.2 Å². The van der Waals surface area contributed by atoms with E-state index in [9.17, 15) is 4.79 Å². The third-order valence-electron chi connectivity index (χ3n) is 6.10. The number of fused-ring (bicyclic) bond motifs is 1. The summed E-state index contributed by atoms with van der Waals surface area (Å²) in [4.78, 5) is 15.4. The maximum atomic E-state index is 13.5. The smallest absolute Gasteiger partial charge is 0.257 e. The van der Waals surface area contributed by atoms with Gasteiger partial charge in [-0.3, -0.25) is 13.9 Å². The molecule has 0 spiro atoms. The van der Waals surface area contributed by atoms with E-state index in [-0.39, 0.29) is 11.8 Å². The molecule has 158 valence electrons. The van der Waals surface area contributed by atoms with E-state index in [1.807, 2.05) is 56.6 Å². The van der Waals surface area contributed by atoms with E-state index in [0.29, 0.717) is 18.7 Å². The number of benzene rings is 1. The normalized spacial score (nSPS) is 16.7. The average Bonchev–Trinajstić information content (AvgIpc) is 3.43. The highest BCUT2D eigenvalue weighted by molar-refractivity contribution is 5.95. The van der Waals surface area contributed by atoms with Crippen molar-refractivity contribution in [2.24, 2.45) is 0 Å². The molecule has 7 nitrogen and oxygen atoms in total. The quantitative estimate of drug-likeness (QED) is 0.501. The number of rotatable bonds is 5. The van der Waals surface area contributed by atoms with Crippen molar-refractivity contribution in [1.82, 2.24) is 29.3 Å². The van der Waals surface area contributed by atoms with E-state index >= 15 is 0 Å². The van der Waals surface area contributed by atoms with Gasteiger partial charge in [-0.2, -0.15) is 5.10 Å². The second-order valence-electron chi connectivity index (χ2n) is 8.08. The Morgan fingerprint density at radius 3 is 2.77 bits per heavy atom. The number of pyridine rings is 1. The highest BCUT2D eigenvalue weighted by Gasteiger charge is 2.30. The van der Waals surface area contributed by atoms with Gasteiger partial charge in [0.2, 0.25) is 0 Å². The van der Waals surface area contributed by atoms with Gasteiger partial charge < -0.3 is 4.90 Å². The van der Waals surface area contributed by atoms with E-state index in [0.717, 1.165) is 43.0 Å². The first kappa shape index (κ1) is 19.5. The molecule has 1 unspecified atom stereocenters. The van der Waals surface area contributed by atoms with Crippen LogP contribution in [0.2, 0.25) is 0 Å². The molecular weight excluding hydrogens is 388 g/mol. The average molecular weight is 415 g/mol. The molecule has 5 rings (SSSR count). The van der Waals surface area contributed by atoms with Crippen molar-refractivity contribution in [1.29, 1.82) is 0 Å². The highest BCUT2D eigenvalue weighted by Crippen LogP contribution is 2.27. The zero-order chi connectivity index (χ0) is 21.2. The lowest BCUT2D eigenvalue weighted by Gasteiger charge is -2.32. The minimum atomic E-state index is 0.0645. The topological polar surface area (TPSA) is 68.3 Å². The van der Waals surface area contributed by atoms with Crippen LogP contribution < -0.4 is 0 Å². The van der Waals surface area contributed by atoms with Gasteiger partial charge in [0.1, 0.15) is 5.82 Å². The van der Waals surface area contributed by atoms with Gasteiger partial charge in [0.25, 0.3) is 5.91 Å². The third kappa shape index (κ3) is 3.71. The van der Waals surface area contributed by atoms with Crippen LogP contribution in [0.5, 0.6) is 0 Å². The van der Waals surface area contributed by atoms with E-state index in [2.05, 4.69) is 34.4 Å². The number of hydrogen-bond donors (Lipinski definition) is 0. The maximum absolute atomic E-state index is 13.5. The first-order chi connectivity index (χ1) is 15.2. The van der Waals surface area contributed by atoms with Crippen molar-refractivity contribution in [3.63, 3.8) is 0 Å². The SMILES string of the molecule is CCc1c(C(=O)N2CCCC(c3nnc4ccccn34)C2)cnn1Cc1ccccc1. The molecule has 1 aromatic carbocycles. The summed E-state index contributed by atoms with van der Waals surface area (Å²) in [5.41, 5.74) is 3.72. The Bertz CT molecular complexity index is 1200. The second-order valence-corrected chi connectivity index (χ2v) is 8.08. The molecule has 1 aliphatic rings. The minimum absolute atomic E-state index is 0.0645. The van der Waals surface area contributed by atoms with E-state index in [4.69, 9.17) is 0 Å². The fraction of sp³-hybridized carbons (Fsp3) is 0.333. The van der Waals surface area contributed by atoms with Gasteiger partial charge in [0, 0.05) is 25.2 Å². The fourth-order valence-corrected chi connectivity index (χ4v) is 4.54. The van der Waals surface area contributed by atoms with Crippen LogP contribution in [0.25, 0.3) is 5.65 Å². The number of nitrogens with zero attached hydrogens (tertiary/aromatic N) is 6. The van der Waals surface area contributed by atoms with Gasteiger partial charge in [-0.05, 0) is 37.0 Å². The van der Waals surface area contributed by atoms with Gasteiger partial charge in [-0.25, -0.2) is 0 Å². The van der Waals surface area contributed by atoms with Crippen molar-refractivity contribution < 1.29 is 4.79 Å². The first-order valence-electron chi connectivity index (χ1n) is 10.9. The minimum Gasteiger partial charge on any atom is -0.338 e. The van der Waals surface area contributed by atoms with Crippen LogP contribution in [0.4, 0.5) is 0 Å². The predicted octanol–water partition coefficient (Wildman–Crippen LogP) is 3.56. The van der Waals surface area contributed by atoms with Crippen molar-refractivity contribution in [2.75, 3.05) is 13.1 Å². The van der Waals surface area contributed by atoms with Crippen molar-refractivity contribution >= 4 is 11.6 Å². The van der Waals surface area contributed by atoms with Crippen molar-refractivity contribution in [3.05, 3.63) is 83.6 Å². The van der Waals surface area contributed by atoms with Gasteiger partial charge in [-0.1, -0.05) is 43.3 Å². The standard InChI is InChI=1S/C24H26N6O/c1-2-21-20(15-25-30(21)16-18-9-4-3-5-10-18)24(31)28-13-8-11-19(17-28)23-27-26-22-12-6-7-14-29(22)23/h3-7,9-10,12,14-15,19H,2,8,11,13,16-17H2,1H3. The molecule has 1 fully saturated rings. The third-order valence-corrected chi connectivity index (χ3v) is 6.10. The lowest BCUT2D eigenvalue weighted by atomic mass is 9.96. The van der Waals surface area contributed by atoms with Crippen LogP contribution in [-0.4, -0.2) is 48.3 Å². The summed E-state index contributed by atoms with van der Waals surface area (Å²) in [6.07, 6.45) is 6.46. The van der Waals surface area contributed by atoms with Gasteiger partial charge >= 0.3 is 0 Å². The van der Waals surface area contributed by atoms with Crippen LogP contribution in [0.3, 0.4) is 0 Å². The molecule has 7 heteroatoms. The molecule has 1 aliphatic heterocycles. The summed E-state index contributed by atoms with van der Waals surface area (Å²) in [5, 5.41) is 13.3. The fourth-order valence-electron chi connectivity index (χ4n) is 4.54. The van der Waals surface area contributed by atoms with Gasteiger partial charge in [0.05, 0.1) is 24.0 Å². The Morgan fingerprint density at radius 2 is 1.94 bits per heavy atom. The largest absolute Gasteiger partial charge is 0.338 e. The number of aromatic nitrogens is 5. The number of carbonyl (C=O) groups excluding carboxylic acids is 1. The van der Waals surface area contributed by atoms with Crippen LogP contribution in [0.15, 0.2) is 60.9 Å². The van der Waals surface area contributed by atoms with Crippen LogP contribution in [0.1, 0.15) is 53.1 Å². The molecule has 4 heterocycles. The zero-order valence-corrected chi connectivity index (χ0v) is 17.7. The Hall–Kier alpha value is -3.48. The lowest BCUT2D eigenvalue weighted by molar-refractivity contribution is 0.0703. The number of hydrogen-bond acceptors (Lipinski definition) is 4. The van der Waals surface area contributed by atoms with E-state index in [1.54, 1.807) is 6.20 Å². The molecule has 4 aromatic rings. The Morgan fingerprint density at radius 1 is 1.10 bits per heavy atom. The Kier molecular flexibility index (Phi) is 5.24. The molecule has 0 N–H and O–H groups in total. The molecule has 3 aromatic heterocycles. The lowest BCUT2D eigenvalue weighted by Crippen LogP contribution is -2.39. The Balaban J connectivity index is 1.37. The summed E-state index contributed by atoms with van der Waals surface area (Å²) < 4.78 is 3.99. The van der Waals surface area contributed by atoms with Gasteiger partial charge in [0.15, 0.2) is 5.65 Å². The first-order valence-corrected chi connectivity index (χ1v) is 10.9. The molecule has 1 amide bonds. The molecule has 0 bridgehead atoms. The molecule has 0 radical (unpaired) electrons. The summed E-state index contributed by atoms with van der Waals surface area (Å²) >= 11 is 0.